The largest absolute Gasteiger partial charge is 0.493 e. The Morgan fingerprint density at radius 2 is 1.93 bits per heavy atom. The number of pyridine rings is 1. The number of methoxy groups -OCH3 is 1. The molecule has 2 N–H and O–H groups in total. The summed E-state index contributed by atoms with van der Waals surface area (Å²) >= 11 is 0. The highest BCUT2D eigenvalue weighted by molar-refractivity contribution is 5.79. The molecule has 0 amide bonds. The Hall–Kier alpha value is -2.96. The summed E-state index contributed by atoms with van der Waals surface area (Å²) in [6.07, 6.45) is 1.75. The van der Waals surface area contributed by atoms with Crippen LogP contribution in [0.15, 0.2) is 47.6 Å². The molecule has 7 heteroatoms. The molecule has 2 aromatic rings. The van der Waals surface area contributed by atoms with Crippen LogP contribution in [0.1, 0.15) is 19.4 Å². The van der Waals surface area contributed by atoms with Crippen molar-refractivity contribution in [2.75, 3.05) is 39.2 Å². The second kappa shape index (κ2) is 11.0. The highest BCUT2D eigenvalue weighted by atomic mass is 16.5. The van der Waals surface area contributed by atoms with Crippen LogP contribution in [0.25, 0.3) is 0 Å². The topological polar surface area (TPSA) is 71.0 Å². The molecule has 0 bridgehead atoms. The fourth-order valence-corrected chi connectivity index (χ4v) is 2.53. The maximum Gasteiger partial charge on any atom is 0.191 e. The van der Waals surface area contributed by atoms with Gasteiger partial charge < -0.3 is 25.0 Å². The first kappa shape index (κ1) is 21.3. The number of aromatic nitrogens is 1. The van der Waals surface area contributed by atoms with E-state index >= 15 is 0 Å². The van der Waals surface area contributed by atoms with E-state index < -0.39 is 0 Å². The molecule has 1 atom stereocenters. The van der Waals surface area contributed by atoms with Gasteiger partial charge in [-0.3, -0.25) is 0 Å². The fourth-order valence-electron chi connectivity index (χ4n) is 2.53. The standard InChI is InChI=1S/C21H31N5O2/c1-6-22-21(25-15-17-11-12-23-20(13-17)26(3)4)24-14-16(2)28-19-10-8-7-9-18(19)27-5/h7-13,16H,6,14-15H2,1-5H3,(H2,22,24,25). The lowest BCUT2D eigenvalue weighted by atomic mass is 10.2. The van der Waals surface area contributed by atoms with Gasteiger partial charge in [0.25, 0.3) is 0 Å². The molecule has 0 aliphatic rings. The SMILES string of the molecule is CCNC(=NCc1ccnc(N(C)C)c1)NCC(C)Oc1ccccc1OC. The molecule has 1 aromatic carbocycles. The van der Waals surface area contributed by atoms with Crippen molar-refractivity contribution in [1.82, 2.24) is 15.6 Å². The third-order valence-corrected chi connectivity index (χ3v) is 3.99. The number of rotatable bonds is 9. The molecule has 0 saturated heterocycles. The number of nitrogens with one attached hydrogen (secondary N) is 2. The molecule has 0 radical (unpaired) electrons. The minimum absolute atomic E-state index is 0.0542. The molecule has 0 aliphatic heterocycles. The second-order valence-corrected chi connectivity index (χ2v) is 6.57. The average Bonchev–Trinajstić information content (AvgIpc) is 2.70. The van der Waals surface area contributed by atoms with E-state index in [-0.39, 0.29) is 6.10 Å². The molecule has 2 rings (SSSR count). The molecule has 7 nitrogen and oxygen atoms in total. The van der Waals surface area contributed by atoms with Crippen LogP contribution in [-0.2, 0) is 6.54 Å². The fraction of sp³-hybridized carbons (Fsp3) is 0.429. The zero-order valence-electron chi connectivity index (χ0n) is 17.4. The zero-order chi connectivity index (χ0) is 20.4. The minimum atomic E-state index is -0.0542. The van der Waals surface area contributed by atoms with Gasteiger partial charge in [-0.1, -0.05) is 12.1 Å². The van der Waals surface area contributed by atoms with E-state index in [1.165, 1.54) is 0 Å². The second-order valence-electron chi connectivity index (χ2n) is 6.57. The van der Waals surface area contributed by atoms with Gasteiger partial charge in [0.15, 0.2) is 17.5 Å². The molecule has 1 heterocycles. The molecule has 1 unspecified atom stereocenters. The van der Waals surface area contributed by atoms with Gasteiger partial charge >= 0.3 is 0 Å². The summed E-state index contributed by atoms with van der Waals surface area (Å²) < 4.78 is 11.3. The lowest BCUT2D eigenvalue weighted by Crippen LogP contribution is -2.41. The Labute approximate surface area is 167 Å². The van der Waals surface area contributed by atoms with Crippen LogP contribution in [0.2, 0.25) is 0 Å². The maximum atomic E-state index is 5.99. The molecule has 0 spiro atoms. The van der Waals surface area contributed by atoms with E-state index in [2.05, 4.69) is 20.6 Å². The van der Waals surface area contributed by atoms with Gasteiger partial charge in [0.1, 0.15) is 11.9 Å². The first-order chi connectivity index (χ1) is 13.5. The van der Waals surface area contributed by atoms with Crippen LogP contribution in [0, 0.1) is 0 Å². The van der Waals surface area contributed by atoms with E-state index in [9.17, 15) is 0 Å². The number of para-hydroxylation sites is 2. The van der Waals surface area contributed by atoms with Crippen molar-refractivity contribution in [2.45, 2.75) is 26.5 Å². The van der Waals surface area contributed by atoms with Crippen LogP contribution in [0.5, 0.6) is 11.5 Å². The molecular formula is C21H31N5O2. The van der Waals surface area contributed by atoms with Crippen molar-refractivity contribution in [1.29, 1.82) is 0 Å². The first-order valence-corrected chi connectivity index (χ1v) is 9.47. The molecule has 152 valence electrons. The summed E-state index contributed by atoms with van der Waals surface area (Å²) in [7, 11) is 5.59. The van der Waals surface area contributed by atoms with Crippen LogP contribution >= 0.6 is 0 Å². The van der Waals surface area contributed by atoms with Gasteiger partial charge in [0, 0.05) is 26.8 Å². The summed E-state index contributed by atoms with van der Waals surface area (Å²) in [6.45, 7) is 6.02. The molecule has 0 fully saturated rings. The van der Waals surface area contributed by atoms with Crippen LogP contribution in [-0.4, -0.2) is 51.3 Å². The van der Waals surface area contributed by atoms with E-state index in [1.807, 2.05) is 75.4 Å². The van der Waals surface area contributed by atoms with Gasteiger partial charge in [-0.25, -0.2) is 9.98 Å². The van der Waals surface area contributed by atoms with Gasteiger partial charge in [-0.05, 0) is 43.7 Å². The van der Waals surface area contributed by atoms with Crippen molar-refractivity contribution in [3.63, 3.8) is 0 Å². The Morgan fingerprint density at radius 1 is 1.18 bits per heavy atom. The highest BCUT2D eigenvalue weighted by Crippen LogP contribution is 2.26. The van der Waals surface area contributed by atoms with Gasteiger partial charge in [0.2, 0.25) is 0 Å². The number of aliphatic imine (C=N–C) groups is 1. The number of guanidine groups is 1. The Morgan fingerprint density at radius 3 is 2.61 bits per heavy atom. The molecule has 0 aliphatic carbocycles. The number of ether oxygens (including phenoxy) is 2. The minimum Gasteiger partial charge on any atom is -0.493 e. The monoisotopic (exact) mass is 385 g/mol. The van der Waals surface area contributed by atoms with Crippen molar-refractivity contribution < 1.29 is 9.47 Å². The lowest BCUT2D eigenvalue weighted by Gasteiger charge is -2.19. The molecule has 28 heavy (non-hydrogen) atoms. The normalized spacial score (nSPS) is 12.2. The molecule has 0 saturated carbocycles. The number of benzene rings is 1. The van der Waals surface area contributed by atoms with Gasteiger partial charge in [-0.2, -0.15) is 0 Å². The summed E-state index contributed by atoms with van der Waals surface area (Å²) in [4.78, 5) is 11.0. The maximum absolute atomic E-state index is 5.99. The third-order valence-electron chi connectivity index (χ3n) is 3.99. The molecule has 1 aromatic heterocycles. The number of nitrogens with zero attached hydrogens (tertiary/aromatic N) is 3. The van der Waals surface area contributed by atoms with Crippen molar-refractivity contribution in [3.05, 3.63) is 48.2 Å². The quantitative estimate of drug-likeness (QED) is 0.511. The Balaban J connectivity index is 1.94. The van der Waals surface area contributed by atoms with Crippen LogP contribution < -0.4 is 25.0 Å². The average molecular weight is 386 g/mol. The predicted molar refractivity (Wildman–Crippen MR) is 114 cm³/mol. The Bertz CT molecular complexity index is 764. The predicted octanol–water partition coefficient (Wildman–Crippen LogP) is 2.68. The summed E-state index contributed by atoms with van der Waals surface area (Å²) in [5, 5.41) is 6.60. The van der Waals surface area contributed by atoms with E-state index in [0.29, 0.717) is 13.1 Å². The number of hydrogen-bond acceptors (Lipinski definition) is 5. The number of anilines is 1. The first-order valence-electron chi connectivity index (χ1n) is 9.47. The summed E-state index contributed by atoms with van der Waals surface area (Å²) in [5.41, 5.74) is 1.11. The summed E-state index contributed by atoms with van der Waals surface area (Å²) in [5.74, 6) is 3.13. The zero-order valence-corrected chi connectivity index (χ0v) is 17.4. The highest BCUT2D eigenvalue weighted by Gasteiger charge is 2.09. The number of hydrogen-bond donors (Lipinski definition) is 2. The summed E-state index contributed by atoms with van der Waals surface area (Å²) in [6, 6.07) is 11.7. The smallest absolute Gasteiger partial charge is 0.191 e. The Kier molecular flexibility index (Phi) is 8.39. The molecular weight excluding hydrogens is 354 g/mol. The van der Waals surface area contributed by atoms with E-state index in [1.54, 1.807) is 7.11 Å². The third kappa shape index (κ3) is 6.64. The van der Waals surface area contributed by atoms with Gasteiger partial charge in [-0.15, -0.1) is 0 Å². The van der Waals surface area contributed by atoms with E-state index in [0.717, 1.165) is 35.4 Å². The van der Waals surface area contributed by atoms with Crippen molar-refractivity contribution in [2.24, 2.45) is 4.99 Å². The van der Waals surface area contributed by atoms with Crippen molar-refractivity contribution in [3.8, 4) is 11.5 Å². The van der Waals surface area contributed by atoms with Gasteiger partial charge in [0.05, 0.1) is 20.2 Å². The van der Waals surface area contributed by atoms with E-state index in [4.69, 9.17) is 9.47 Å². The van der Waals surface area contributed by atoms with Crippen LogP contribution in [0.4, 0.5) is 5.82 Å². The van der Waals surface area contributed by atoms with Crippen molar-refractivity contribution >= 4 is 11.8 Å². The van der Waals surface area contributed by atoms with Crippen LogP contribution in [0.3, 0.4) is 0 Å². The lowest BCUT2D eigenvalue weighted by molar-refractivity contribution is 0.213.